The van der Waals surface area contributed by atoms with Crippen molar-refractivity contribution in [2.24, 2.45) is 0 Å². The molecule has 1 heterocycles. The van der Waals surface area contributed by atoms with Gasteiger partial charge in [0.1, 0.15) is 5.60 Å². The van der Waals surface area contributed by atoms with Crippen LogP contribution in [0.1, 0.15) is 38.5 Å². The molecule has 0 bridgehead atoms. The van der Waals surface area contributed by atoms with Crippen LogP contribution in [0.5, 0.6) is 0 Å². The minimum absolute atomic E-state index is 0.0375. The molecule has 0 radical (unpaired) electrons. The Kier molecular flexibility index (Phi) is 7.16. The Morgan fingerprint density at radius 2 is 2.05 bits per heavy atom. The summed E-state index contributed by atoms with van der Waals surface area (Å²) in [6.45, 7) is 6.39. The number of amides is 2. The van der Waals surface area contributed by atoms with E-state index in [1.165, 1.54) is 11.3 Å². The number of rotatable bonds is 6. The predicted molar refractivity (Wildman–Crippen MR) is 89.3 cm³/mol. The molecule has 0 aliphatic carbocycles. The quantitative estimate of drug-likeness (QED) is 0.799. The van der Waals surface area contributed by atoms with E-state index in [0.717, 1.165) is 9.21 Å². The van der Waals surface area contributed by atoms with Gasteiger partial charge in [0, 0.05) is 24.9 Å². The average Bonchev–Trinajstić information content (AvgIpc) is 2.77. The van der Waals surface area contributed by atoms with Gasteiger partial charge in [0.05, 0.1) is 10.9 Å². The molecule has 0 aliphatic rings. The first-order chi connectivity index (χ1) is 10.2. The smallest absolute Gasteiger partial charge is 0.407 e. The Hall–Kier alpha value is -1.27. The number of nitrogens with one attached hydrogen (secondary N) is 1. The highest BCUT2D eigenvalue weighted by molar-refractivity contribution is 7.16. The Balaban J connectivity index is 2.21. The third-order valence-corrected chi connectivity index (χ3v) is 3.90. The summed E-state index contributed by atoms with van der Waals surface area (Å²) in [5.41, 5.74) is -0.512. The van der Waals surface area contributed by atoms with E-state index < -0.39 is 11.7 Å². The molecule has 7 heteroatoms. The summed E-state index contributed by atoms with van der Waals surface area (Å²) in [6, 6.07) is 3.74. The van der Waals surface area contributed by atoms with Crippen LogP contribution in [0.2, 0.25) is 4.34 Å². The highest BCUT2D eigenvalue weighted by Gasteiger charge is 2.16. The molecule has 0 saturated heterocycles. The van der Waals surface area contributed by atoms with Crippen molar-refractivity contribution in [3.05, 3.63) is 21.3 Å². The molecular formula is C15H23ClN2O3S. The van der Waals surface area contributed by atoms with Gasteiger partial charge in [-0.1, -0.05) is 11.6 Å². The maximum atomic E-state index is 12.0. The molecule has 0 saturated carbocycles. The van der Waals surface area contributed by atoms with Crippen molar-refractivity contribution >= 4 is 34.9 Å². The standard InChI is InChI=1S/C15H23ClN2O3S/c1-15(2,3)21-14(20)17-9-5-6-13(19)18(4)10-11-7-8-12(16)22-11/h7-8H,5-6,9-10H2,1-4H3,(H,17,20). The summed E-state index contributed by atoms with van der Waals surface area (Å²) >= 11 is 7.33. The Bertz CT molecular complexity index is 511. The Labute approximate surface area is 140 Å². The number of alkyl carbamates (subject to hydrolysis) is 1. The first kappa shape index (κ1) is 18.8. The van der Waals surface area contributed by atoms with Crippen LogP contribution in [-0.2, 0) is 16.1 Å². The van der Waals surface area contributed by atoms with Gasteiger partial charge in [0.2, 0.25) is 5.91 Å². The fraction of sp³-hybridized carbons (Fsp3) is 0.600. The van der Waals surface area contributed by atoms with E-state index in [9.17, 15) is 9.59 Å². The molecule has 5 nitrogen and oxygen atoms in total. The molecule has 0 spiro atoms. The number of ether oxygens (including phenoxy) is 1. The second-order valence-electron chi connectivity index (χ2n) is 5.99. The van der Waals surface area contributed by atoms with Crippen molar-refractivity contribution in [1.82, 2.24) is 10.2 Å². The molecule has 0 unspecified atom stereocenters. The van der Waals surface area contributed by atoms with E-state index in [4.69, 9.17) is 16.3 Å². The molecule has 2 amide bonds. The summed E-state index contributed by atoms with van der Waals surface area (Å²) in [7, 11) is 1.76. The summed E-state index contributed by atoms with van der Waals surface area (Å²) in [6.07, 6.45) is 0.500. The monoisotopic (exact) mass is 346 g/mol. The van der Waals surface area contributed by atoms with Gasteiger partial charge in [-0.05, 0) is 39.3 Å². The van der Waals surface area contributed by atoms with Crippen LogP contribution >= 0.6 is 22.9 Å². The van der Waals surface area contributed by atoms with Gasteiger partial charge in [0.15, 0.2) is 0 Å². The number of hydrogen-bond acceptors (Lipinski definition) is 4. The molecule has 0 aliphatic heterocycles. The lowest BCUT2D eigenvalue weighted by molar-refractivity contribution is -0.130. The third kappa shape index (κ3) is 7.66. The highest BCUT2D eigenvalue weighted by Crippen LogP contribution is 2.22. The zero-order valence-electron chi connectivity index (χ0n) is 13.4. The van der Waals surface area contributed by atoms with Gasteiger partial charge in [-0.2, -0.15) is 0 Å². The zero-order valence-corrected chi connectivity index (χ0v) is 15.0. The van der Waals surface area contributed by atoms with Crippen LogP contribution < -0.4 is 5.32 Å². The first-order valence-electron chi connectivity index (χ1n) is 7.12. The second kappa shape index (κ2) is 8.39. The van der Waals surface area contributed by atoms with E-state index in [-0.39, 0.29) is 5.91 Å². The van der Waals surface area contributed by atoms with E-state index in [1.54, 1.807) is 11.9 Å². The first-order valence-corrected chi connectivity index (χ1v) is 8.32. The Morgan fingerprint density at radius 1 is 1.36 bits per heavy atom. The van der Waals surface area contributed by atoms with Crippen molar-refractivity contribution in [3.8, 4) is 0 Å². The molecule has 0 atom stereocenters. The van der Waals surface area contributed by atoms with E-state index in [2.05, 4.69) is 5.32 Å². The topological polar surface area (TPSA) is 58.6 Å². The predicted octanol–water partition coefficient (Wildman–Crippen LogP) is 3.66. The van der Waals surface area contributed by atoms with Crippen LogP contribution in [0.3, 0.4) is 0 Å². The SMILES string of the molecule is CN(Cc1ccc(Cl)s1)C(=O)CCCNC(=O)OC(C)(C)C. The highest BCUT2D eigenvalue weighted by atomic mass is 35.5. The minimum Gasteiger partial charge on any atom is -0.444 e. The van der Waals surface area contributed by atoms with E-state index >= 15 is 0 Å². The summed E-state index contributed by atoms with van der Waals surface area (Å²) in [4.78, 5) is 26.1. The number of carbonyl (C=O) groups excluding carboxylic acids is 2. The van der Waals surface area contributed by atoms with Gasteiger partial charge in [0.25, 0.3) is 0 Å². The fourth-order valence-corrected chi connectivity index (χ4v) is 2.83. The van der Waals surface area contributed by atoms with Gasteiger partial charge in [-0.15, -0.1) is 11.3 Å². The van der Waals surface area contributed by atoms with Gasteiger partial charge in [-0.25, -0.2) is 4.79 Å². The molecule has 1 aromatic rings. The lowest BCUT2D eigenvalue weighted by Gasteiger charge is -2.20. The van der Waals surface area contributed by atoms with Crippen LogP contribution in [0.4, 0.5) is 4.79 Å². The number of halogens is 1. The average molecular weight is 347 g/mol. The summed E-state index contributed by atoms with van der Waals surface area (Å²) in [5, 5.41) is 2.64. The number of thiophene rings is 1. The van der Waals surface area contributed by atoms with Gasteiger partial charge < -0.3 is 15.0 Å². The molecule has 0 aromatic carbocycles. The maximum absolute atomic E-state index is 12.0. The number of hydrogen-bond donors (Lipinski definition) is 1. The van der Waals surface area contributed by atoms with Crippen molar-refractivity contribution in [2.75, 3.05) is 13.6 Å². The molecule has 1 aromatic heterocycles. The zero-order chi connectivity index (χ0) is 16.8. The van der Waals surface area contributed by atoms with Crippen LogP contribution in [0.25, 0.3) is 0 Å². The molecule has 1 N–H and O–H groups in total. The van der Waals surface area contributed by atoms with Crippen molar-refractivity contribution < 1.29 is 14.3 Å². The fourth-order valence-electron chi connectivity index (χ4n) is 1.69. The van der Waals surface area contributed by atoms with Crippen LogP contribution in [0, 0.1) is 0 Å². The summed E-state index contributed by atoms with van der Waals surface area (Å²) in [5.74, 6) is 0.0375. The van der Waals surface area contributed by atoms with Gasteiger partial charge in [-0.3, -0.25) is 4.79 Å². The lowest BCUT2D eigenvalue weighted by Crippen LogP contribution is -2.33. The molecule has 0 fully saturated rings. The molecule has 1 rings (SSSR count). The minimum atomic E-state index is -0.512. The second-order valence-corrected chi connectivity index (χ2v) is 7.79. The van der Waals surface area contributed by atoms with E-state index in [0.29, 0.717) is 25.9 Å². The number of nitrogens with zero attached hydrogens (tertiary/aromatic N) is 1. The summed E-state index contributed by atoms with van der Waals surface area (Å²) < 4.78 is 5.84. The van der Waals surface area contributed by atoms with E-state index in [1.807, 2.05) is 32.9 Å². The normalized spacial score (nSPS) is 11.1. The third-order valence-electron chi connectivity index (χ3n) is 2.68. The van der Waals surface area contributed by atoms with Crippen LogP contribution in [0.15, 0.2) is 12.1 Å². The molecule has 124 valence electrons. The van der Waals surface area contributed by atoms with Crippen molar-refractivity contribution in [1.29, 1.82) is 0 Å². The van der Waals surface area contributed by atoms with Crippen molar-refractivity contribution in [2.45, 2.75) is 45.8 Å². The lowest BCUT2D eigenvalue weighted by atomic mass is 10.2. The number of carbonyl (C=O) groups is 2. The maximum Gasteiger partial charge on any atom is 0.407 e. The molecule has 22 heavy (non-hydrogen) atoms. The van der Waals surface area contributed by atoms with Crippen molar-refractivity contribution in [3.63, 3.8) is 0 Å². The Morgan fingerprint density at radius 3 is 2.59 bits per heavy atom. The largest absolute Gasteiger partial charge is 0.444 e. The van der Waals surface area contributed by atoms with Crippen LogP contribution in [-0.4, -0.2) is 36.1 Å². The van der Waals surface area contributed by atoms with Gasteiger partial charge >= 0.3 is 6.09 Å². The molecular weight excluding hydrogens is 324 g/mol.